The predicted octanol–water partition coefficient (Wildman–Crippen LogP) is 4.26. The molecule has 96 valence electrons. The highest BCUT2D eigenvalue weighted by Crippen LogP contribution is 2.20. The maximum atomic E-state index is 3.80. The fraction of sp³-hybridized carbons (Fsp3) is 0.600. The fourth-order valence-electron chi connectivity index (χ4n) is 2.09. The monoisotopic (exact) mass is 251 g/mol. The zero-order valence-corrected chi connectivity index (χ0v) is 12.1. The summed E-state index contributed by atoms with van der Waals surface area (Å²) in [6.45, 7) is 4.52. The van der Waals surface area contributed by atoms with Gasteiger partial charge in [0.05, 0.1) is 0 Å². The molecule has 0 amide bonds. The zero-order valence-electron chi connectivity index (χ0n) is 11.3. The molecule has 17 heavy (non-hydrogen) atoms. The van der Waals surface area contributed by atoms with E-state index in [2.05, 4.69) is 55.8 Å². The molecule has 2 atom stereocenters. The Morgan fingerprint density at radius 2 is 1.88 bits per heavy atom. The van der Waals surface area contributed by atoms with Crippen LogP contribution in [0.5, 0.6) is 0 Å². The summed E-state index contributed by atoms with van der Waals surface area (Å²) in [6.07, 6.45) is 5.83. The molecule has 1 nitrogen and oxygen atoms in total. The summed E-state index contributed by atoms with van der Waals surface area (Å²) in [5, 5.41) is 3.80. The molecule has 1 aromatic rings. The van der Waals surface area contributed by atoms with E-state index in [1.54, 1.807) is 0 Å². The van der Waals surface area contributed by atoms with E-state index >= 15 is 0 Å². The van der Waals surface area contributed by atoms with Gasteiger partial charge in [-0.05, 0) is 24.7 Å². The summed E-state index contributed by atoms with van der Waals surface area (Å²) in [4.78, 5) is 0. The van der Waals surface area contributed by atoms with E-state index in [0.717, 1.165) is 0 Å². The topological polar surface area (TPSA) is 12.0 Å². The van der Waals surface area contributed by atoms with Gasteiger partial charge in [0.25, 0.3) is 0 Å². The van der Waals surface area contributed by atoms with Crippen molar-refractivity contribution in [1.29, 1.82) is 0 Å². The lowest BCUT2D eigenvalue weighted by Gasteiger charge is -2.25. The third kappa shape index (κ3) is 5.13. The van der Waals surface area contributed by atoms with Crippen molar-refractivity contribution < 1.29 is 0 Å². The molecule has 0 heterocycles. The van der Waals surface area contributed by atoms with Crippen LogP contribution in [0.2, 0.25) is 0 Å². The van der Waals surface area contributed by atoms with Crippen molar-refractivity contribution in [3.63, 3.8) is 0 Å². The molecule has 1 rings (SSSR count). The van der Waals surface area contributed by atoms with Gasteiger partial charge in [0, 0.05) is 17.8 Å². The van der Waals surface area contributed by atoms with Crippen LogP contribution >= 0.6 is 11.8 Å². The van der Waals surface area contributed by atoms with Crippen molar-refractivity contribution in [3.8, 4) is 0 Å². The molecule has 0 saturated heterocycles. The second-order valence-corrected chi connectivity index (χ2v) is 5.39. The average Bonchev–Trinajstić information content (AvgIpc) is 2.38. The van der Waals surface area contributed by atoms with Gasteiger partial charge in [0.2, 0.25) is 0 Å². The third-order valence-electron chi connectivity index (χ3n) is 3.08. The Kier molecular flexibility index (Phi) is 7.38. The third-order valence-corrected chi connectivity index (χ3v) is 3.81. The van der Waals surface area contributed by atoms with Crippen LogP contribution in [0.25, 0.3) is 0 Å². The molecule has 0 bridgehead atoms. The summed E-state index contributed by atoms with van der Waals surface area (Å²) in [5.74, 6) is 1.20. The van der Waals surface area contributed by atoms with Crippen LogP contribution in [0.4, 0.5) is 0 Å². The van der Waals surface area contributed by atoms with Gasteiger partial charge >= 0.3 is 0 Å². The van der Waals surface area contributed by atoms with Crippen LogP contribution in [-0.4, -0.2) is 18.1 Å². The predicted molar refractivity (Wildman–Crippen MR) is 79.7 cm³/mol. The summed E-state index contributed by atoms with van der Waals surface area (Å²) < 4.78 is 0. The zero-order chi connectivity index (χ0) is 12.5. The first-order valence-corrected chi connectivity index (χ1v) is 8.01. The Bertz CT molecular complexity index is 286. The first-order valence-electron chi connectivity index (χ1n) is 6.61. The van der Waals surface area contributed by atoms with E-state index in [0.29, 0.717) is 12.1 Å². The van der Waals surface area contributed by atoms with Crippen LogP contribution < -0.4 is 5.32 Å². The average molecular weight is 251 g/mol. The van der Waals surface area contributed by atoms with E-state index in [4.69, 9.17) is 0 Å². The van der Waals surface area contributed by atoms with E-state index in [1.807, 2.05) is 11.8 Å². The Morgan fingerprint density at radius 3 is 2.41 bits per heavy atom. The summed E-state index contributed by atoms with van der Waals surface area (Å²) in [7, 11) is 0. The summed E-state index contributed by atoms with van der Waals surface area (Å²) in [6, 6.07) is 12.0. The quantitative estimate of drug-likeness (QED) is 0.741. The normalized spacial score (nSPS) is 14.5. The van der Waals surface area contributed by atoms with Crippen molar-refractivity contribution in [1.82, 2.24) is 5.32 Å². The lowest BCUT2D eigenvalue weighted by molar-refractivity contribution is 0.427. The molecule has 0 spiro atoms. The molecule has 0 aliphatic carbocycles. The SMILES string of the molecule is CCCC(NC(CC)CSC)c1ccccc1. The highest BCUT2D eigenvalue weighted by Gasteiger charge is 2.14. The lowest BCUT2D eigenvalue weighted by Crippen LogP contribution is -2.34. The van der Waals surface area contributed by atoms with E-state index in [1.165, 1.54) is 30.6 Å². The molecule has 0 aliphatic rings. The molecular formula is C15H25NS. The number of rotatable bonds is 8. The molecule has 0 radical (unpaired) electrons. The number of thioether (sulfide) groups is 1. The highest BCUT2D eigenvalue weighted by molar-refractivity contribution is 7.98. The Balaban J connectivity index is 2.65. The maximum Gasteiger partial charge on any atom is 0.0322 e. The summed E-state index contributed by atoms with van der Waals surface area (Å²) >= 11 is 1.93. The molecule has 0 fully saturated rings. The van der Waals surface area contributed by atoms with Crippen LogP contribution in [0.15, 0.2) is 30.3 Å². The van der Waals surface area contributed by atoms with Gasteiger partial charge in [0.1, 0.15) is 0 Å². The molecule has 2 unspecified atom stereocenters. The highest BCUT2D eigenvalue weighted by atomic mass is 32.2. The van der Waals surface area contributed by atoms with Gasteiger partial charge in [-0.3, -0.25) is 0 Å². The van der Waals surface area contributed by atoms with Crippen LogP contribution in [0.3, 0.4) is 0 Å². The minimum atomic E-state index is 0.512. The van der Waals surface area contributed by atoms with Gasteiger partial charge in [-0.1, -0.05) is 50.6 Å². The number of nitrogens with one attached hydrogen (secondary N) is 1. The van der Waals surface area contributed by atoms with Gasteiger partial charge in [-0.25, -0.2) is 0 Å². The minimum Gasteiger partial charge on any atom is -0.306 e. The van der Waals surface area contributed by atoms with Gasteiger partial charge in [0.15, 0.2) is 0 Å². The van der Waals surface area contributed by atoms with Crippen molar-refractivity contribution in [2.75, 3.05) is 12.0 Å². The van der Waals surface area contributed by atoms with E-state index in [-0.39, 0.29) is 0 Å². The van der Waals surface area contributed by atoms with Gasteiger partial charge in [-0.2, -0.15) is 11.8 Å². The maximum absolute atomic E-state index is 3.80. The molecule has 1 N–H and O–H groups in total. The minimum absolute atomic E-state index is 0.512. The lowest BCUT2D eigenvalue weighted by atomic mass is 10.0. The second-order valence-electron chi connectivity index (χ2n) is 4.48. The second kappa shape index (κ2) is 8.60. The molecule has 0 aromatic heterocycles. The van der Waals surface area contributed by atoms with E-state index < -0.39 is 0 Å². The van der Waals surface area contributed by atoms with Crippen molar-refractivity contribution in [2.24, 2.45) is 0 Å². The molecule has 1 aromatic carbocycles. The number of benzene rings is 1. The first-order chi connectivity index (χ1) is 8.31. The fourth-order valence-corrected chi connectivity index (χ4v) is 2.82. The Hall–Kier alpha value is -0.470. The van der Waals surface area contributed by atoms with Crippen molar-refractivity contribution in [2.45, 2.75) is 45.2 Å². The first kappa shape index (κ1) is 14.6. The van der Waals surface area contributed by atoms with Crippen LogP contribution in [0, 0.1) is 0 Å². The molecule has 2 heteroatoms. The number of hydrogen-bond donors (Lipinski definition) is 1. The molecular weight excluding hydrogens is 226 g/mol. The largest absolute Gasteiger partial charge is 0.306 e. The van der Waals surface area contributed by atoms with E-state index in [9.17, 15) is 0 Å². The van der Waals surface area contributed by atoms with Gasteiger partial charge < -0.3 is 5.32 Å². The standard InChI is InChI=1S/C15H25NS/c1-4-9-15(13-10-7-6-8-11-13)16-14(5-2)12-17-3/h6-8,10-11,14-16H,4-5,9,12H2,1-3H3. The summed E-state index contributed by atoms with van der Waals surface area (Å²) in [5.41, 5.74) is 1.42. The van der Waals surface area contributed by atoms with Crippen LogP contribution in [-0.2, 0) is 0 Å². The molecule has 0 aliphatic heterocycles. The Labute approximate surface area is 110 Å². The van der Waals surface area contributed by atoms with Gasteiger partial charge in [-0.15, -0.1) is 0 Å². The number of hydrogen-bond acceptors (Lipinski definition) is 2. The smallest absolute Gasteiger partial charge is 0.0322 e. The van der Waals surface area contributed by atoms with Crippen molar-refractivity contribution in [3.05, 3.63) is 35.9 Å². The Morgan fingerprint density at radius 1 is 1.18 bits per heavy atom. The van der Waals surface area contributed by atoms with Crippen molar-refractivity contribution >= 4 is 11.8 Å². The van der Waals surface area contributed by atoms with Crippen LogP contribution in [0.1, 0.15) is 44.7 Å². The molecule has 0 saturated carbocycles.